The first-order chi connectivity index (χ1) is 4.63. The minimum Gasteiger partial charge on any atom is -0.274 e. The summed E-state index contributed by atoms with van der Waals surface area (Å²) in [7, 11) is 0. The smallest absolute Gasteiger partial charge is 0.256 e. The molecule has 0 saturated heterocycles. The van der Waals surface area contributed by atoms with E-state index < -0.39 is 5.91 Å². The van der Waals surface area contributed by atoms with Crippen LogP contribution in [-0.4, -0.2) is 16.7 Å². The maximum Gasteiger partial charge on any atom is 0.256 e. The van der Waals surface area contributed by atoms with Crippen molar-refractivity contribution in [1.29, 1.82) is 0 Å². The summed E-state index contributed by atoms with van der Waals surface area (Å²) in [6, 6.07) is 0. The van der Waals surface area contributed by atoms with E-state index in [0.717, 1.165) is 17.2 Å². The molecule has 3 nitrogen and oxygen atoms in total. The summed E-state index contributed by atoms with van der Waals surface area (Å²) in [5.74, 6) is -0.817. The molecule has 0 atom stereocenters. The van der Waals surface area contributed by atoms with Gasteiger partial charge in [-0.25, -0.2) is 0 Å². The van der Waals surface area contributed by atoms with Gasteiger partial charge in [0, 0.05) is 13.1 Å². The van der Waals surface area contributed by atoms with Crippen molar-refractivity contribution in [2.45, 2.75) is 6.92 Å². The second-order valence-corrected chi connectivity index (χ2v) is 1.61. The van der Waals surface area contributed by atoms with Gasteiger partial charge in [0.1, 0.15) is 0 Å². The average Bonchev–Trinajstić information content (AvgIpc) is 1.88. The summed E-state index contributed by atoms with van der Waals surface area (Å²) < 4.78 is 0. The molecule has 0 aromatic heterocycles. The Bertz CT molecular complexity index is 184. The van der Waals surface area contributed by atoms with Crippen LogP contribution in [-0.2, 0) is 9.59 Å². The molecule has 0 aliphatic carbocycles. The number of amides is 2. The largest absolute Gasteiger partial charge is 0.274 e. The Balaban J connectivity index is 4.34. The van der Waals surface area contributed by atoms with E-state index in [9.17, 15) is 9.59 Å². The van der Waals surface area contributed by atoms with Crippen molar-refractivity contribution in [2.24, 2.45) is 0 Å². The van der Waals surface area contributed by atoms with Crippen molar-refractivity contribution >= 4 is 11.8 Å². The summed E-state index contributed by atoms with van der Waals surface area (Å²) in [4.78, 5) is 22.1. The van der Waals surface area contributed by atoms with Gasteiger partial charge in [-0.05, 0) is 6.08 Å². The normalized spacial score (nSPS) is 8.10. The maximum atomic E-state index is 10.7. The Morgan fingerprint density at radius 2 is 1.90 bits per heavy atom. The van der Waals surface area contributed by atoms with Crippen LogP contribution in [0.25, 0.3) is 0 Å². The summed E-state index contributed by atoms with van der Waals surface area (Å²) in [6.07, 6.45) is 2.22. The molecule has 0 radical (unpaired) electrons. The highest BCUT2D eigenvalue weighted by molar-refractivity contribution is 6.00. The molecule has 3 heteroatoms. The molecule has 0 fully saturated rings. The molecule has 10 heavy (non-hydrogen) atoms. The van der Waals surface area contributed by atoms with Crippen LogP contribution in [0.3, 0.4) is 0 Å². The van der Waals surface area contributed by atoms with E-state index >= 15 is 0 Å². The lowest BCUT2D eigenvalue weighted by molar-refractivity contribution is -0.137. The van der Waals surface area contributed by atoms with Gasteiger partial charge in [-0.2, -0.15) is 0 Å². The molecule has 0 saturated carbocycles. The topological polar surface area (TPSA) is 37.4 Å². The molecule has 0 aromatic carbocycles. The number of carbonyl (C=O) groups is 2. The standard InChI is InChI=1S/C7H9NO2/c1-4-7(10)8(5-2)6(3)9/h4-5H,1-2H2,3H3. The van der Waals surface area contributed by atoms with E-state index in [4.69, 9.17) is 0 Å². The van der Waals surface area contributed by atoms with Crippen molar-refractivity contribution in [3.05, 3.63) is 25.4 Å². The third kappa shape index (κ3) is 1.85. The Morgan fingerprint density at radius 3 is 2.00 bits per heavy atom. The quantitative estimate of drug-likeness (QED) is 0.528. The highest BCUT2D eigenvalue weighted by Gasteiger charge is 2.09. The van der Waals surface area contributed by atoms with Crippen LogP contribution < -0.4 is 0 Å². The van der Waals surface area contributed by atoms with E-state index in [-0.39, 0.29) is 5.91 Å². The van der Waals surface area contributed by atoms with Gasteiger partial charge in [0.15, 0.2) is 0 Å². The van der Waals surface area contributed by atoms with Gasteiger partial charge in [-0.3, -0.25) is 14.5 Å². The third-order valence-electron chi connectivity index (χ3n) is 0.934. The summed E-state index contributed by atoms with van der Waals surface area (Å²) in [5.41, 5.74) is 0. The summed E-state index contributed by atoms with van der Waals surface area (Å²) in [5, 5.41) is 0. The molecule has 0 unspecified atom stereocenters. The van der Waals surface area contributed by atoms with Gasteiger partial charge in [0.05, 0.1) is 0 Å². The zero-order valence-electron chi connectivity index (χ0n) is 5.83. The van der Waals surface area contributed by atoms with Crippen molar-refractivity contribution in [1.82, 2.24) is 4.90 Å². The van der Waals surface area contributed by atoms with Crippen molar-refractivity contribution < 1.29 is 9.59 Å². The van der Waals surface area contributed by atoms with Gasteiger partial charge in [-0.1, -0.05) is 13.2 Å². The number of hydrogen-bond acceptors (Lipinski definition) is 2. The van der Waals surface area contributed by atoms with E-state index in [1.54, 1.807) is 0 Å². The molecule has 0 spiro atoms. The van der Waals surface area contributed by atoms with Gasteiger partial charge >= 0.3 is 0 Å². The fourth-order valence-electron chi connectivity index (χ4n) is 0.472. The van der Waals surface area contributed by atoms with Gasteiger partial charge in [0.25, 0.3) is 5.91 Å². The number of rotatable bonds is 2. The minimum absolute atomic E-state index is 0.361. The summed E-state index contributed by atoms with van der Waals surface area (Å²) in [6.45, 7) is 7.79. The number of imide groups is 1. The molecule has 0 rings (SSSR count). The minimum atomic E-state index is -0.456. The first-order valence-electron chi connectivity index (χ1n) is 2.72. The van der Waals surface area contributed by atoms with Crippen molar-refractivity contribution in [2.75, 3.05) is 0 Å². The van der Waals surface area contributed by atoms with E-state index in [0.29, 0.717) is 0 Å². The van der Waals surface area contributed by atoms with E-state index in [2.05, 4.69) is 13.2 Å². The fraction of sp³-hybridized carbons (Fsp3) is 0.143. The zero-order valence-corrected chi connectivity index (χ0v) is 5.83. The Hall–Kier alpha value is -1.38. The number of carbonyl (C=O) groups excluding carboxylic acids is 2. The highest BCUT2D eigenvalue weighted by Crippen LogP contribution is 1.90. The lowest BCUT2D eigenvalue weighted by Crippen LogP contribution is -2.27. The van der Waals surface area contributed by atoms with Crippen LogP contribution in [0.1, 0.15) is 6.92 Å². The number of nitrogens with zero attached hydrogens (tertiary/aromatic N) is 1. The van der Waals surface area contributed by atoms with Crippen LogP contribution >= 0.6 is 0 Å². The molecular weight excluding hydrogens is 130 g/mol. The number of hydrogen-bond donors (Lipinski definition) is 0. The van der Waals surface area contributed by atoms with Crippen molar-refractivity contribution in [3.63, 3.8) is 0 Å². The monoisotopic (exact) mass is 139 g/mol. The first-order valence-corrected chi connectivity index (χ1v) is 2.72. The van der Waals surface area contributed by atoms with Crippen LogP contribution in [0.5, 0.6) is 0 Å². The van der Waals surface area contributed by atoms with E-state index in [1.807, 2.05) is 0 Å². The van der Waals surface area contributed by atoms with Crippen LogP contribution in [0.2, 0.25) is 0 Å². The third-order valence-corrected chi connectivity index (χ3v) is 0.934. The Labute approximate surface area is 59.6 Å². The van der Waals surface area contributed by atoms with Crippen LogP contribution in [0.4, 0.5) is 0 Å². The van der Waals surface area contributed by atoms with Crippen LogP contribution in [0.15, 0.2) is 25.4 Å². The first kappa shape index (κ1) is 8.62. The molecule has 0 aliphatic heterocycles. The second-order valence-electron chi connectivity index (χ2n) is 1.61. The van der Waals surface area contributed by atoms with Crippen molar-refractivity contribution in [3.8, 4) is 0 Å². The molecular formula is C7H9NO2. The SMILES string of the molecule is C=CC(=O)N(C=C)C(C)=O. The molecule has 2 amide bonds. The Kier molecular flexibility index (Phi) is 3.11. The molecule has 0 heterocycles. The fourth-order valence-corrected chi connectivity index (χ4v) is 0.472. The molecule has 0 N–H and O–H groups in total. The predicted octanol–water partition coefficient (Wildman–Crippen LogP) is 0.691. The highest BCUT2D eigenvalue weighted by atomic mass is 16.2. The van der Waals surface area contributed by atoms with Gasteiger partial charge in [0.2, 0.25) is 5.91 Å². The molecule has 0 aromatic rings. The Morgan fingerprint density at radius 1 is 1.40 bits per heavy atom. The van der Waals surface area contributed by atoms with E-state index in [1.165, 1.54) is 6.92 Å². The van der Waals surface area contributed by atoms with Gasteiger partial charge < -0.3 is 0 Å². The summed E-state index contributed by atoms with van der Waals surface area (Å²) >= 11 is 0. The second kappa shape index (κ2) is 3.61. The molecule has 0 aliphatic rings. The van der Waals surface area contributed by atoms with Crippen LogP contribution in [0, 0.1) is 0 Å². The lowest BCUT2D eigenvalue weighted by atomic mass is 10.5. The zero-order chi connectivity index (χ0) is 8.15. The average molecular weight is 139 g/mol. The predicted molar refractivity (Wildman–Crippen MR) is 37.9 cm³/mol. The lowest BCUT2D eigenvalue weighted by Gasteiger charge is -2.09. The van der Waals surface area contributed by atoms with Gasteiger partial charge in [-0.15, -0.1) is 0 Å². The molecule has 54 valence electrons. The maximum absolute atomic E-state index is 10.7. The molecule has 0 bridgehead atoms.